The Labute approximate surface area is 141 Å². The number of amides is 1. The number of carbonyl (C=O) groups excluding carboxylic acids is 1. The number of rotatable bonds is 7. The molecule has 128 valence electrons. The molecule has 0 spiro atoms. The summed E-state index contributed by atoms with van der Waals surface area (Å²) in [5.41, 5.74) is 1.31. The van der Waals surface area contributed by atoms with Crippen molar-refractivity contribution in [2.75, 3.05) is 39.9 Å². The van der Waals surface area contributed by atoms with Crippen LogP contribution in [0.15, 0.2) is 34.9 Å². The highest BCUT2D eigenvalue weighted by atomic mass is 16.5. The van der Waals surface area contributed by atoms with Gasteiger partial charge in [-0.1, -0.05) is 12.1 Å². The molecule has 24 heavy (non-hydrogen) atoms. The van der Waals surface area contributed by atoms with Gasteiger partial charge in [0, 0.05) is 45.3 Å². The van der Waals surface area contributed by atoms with Crippen molar-refractivity contribution in [1.29, 1.82) is 0 Å². The molecular formula is C19H24N2O3. The third-order valence-electron chi connectivity index (χ3n) is 5.49. The van der Waals surface area contributed by atoms with E-state index in [1.807, 2.05) is 24.3 Å². The molecule has 1 saturated heterocycles. The van der Waals surface area contributed by atoms with Crippen LogP contribution in [0.2, 0.25) is 0 Å². The number of nitrogens with zero attached hydrogens (tertiary/aromatic N) is 1. The fraction of sp³-hybridized carbons (Fsp3) is 0.526. The SMILES string of the molecule is COCCCN1CC2C(CNC(=O)c3cccc4ccoc34)C2C1. The quantitative estimate of drug-likeness (QED) is 0.793. The van der Waals surface area contributed by atoms with Crippen LogP contribution in [-0.2, 0) is 4.74 Å². The Balaban J connectivity index is 1.26. The minimum atomic E-state index is -0.0301. The number of benzene rings is 1. The van der Waals surface area contributed by atoms with E-state index in [4.69, 9.17) is 9.15 Å². The molecule has 4 rings (SSSR count). The molecule has 1 aliphatic heterocycles. The van der Waals surface area contributed by atoms with Crippen LogP contribution in [0.1, 0.15) is 16.8 Å². The Morgan fingerprint density at radius 1 is 1.33 bits per heavy atom. The van der Waals surface area contributed by atoms with Crippen molar-refractivity contribution in [3.05, 3.63) is 36.1 Å². The number of hydrogen-bond donors (Lipinski definition) is 1. The van der Waals surface area contributed by atoms with E-state index in [9.17, 15) is 4.79 Å². The van der Waals surface area contributed by atoms with Crippen LogP contribution in [0.25, 0.3) is 11.0 Å². The van der Waals surface area contributed by atoms with Crippen molar-refractivity contribution >= 4 is 16.9 Å². The van der Waals surface area contributed by atoms with Gasteiger partial charge in [-0.2, -0.15) is 0 Å². The van der Waals surface area contributed by atoms with Crippen LogP contribution in [0.5, 0.6) is 0 Å². The fourth-order valence-electron chi connectivity index (χ4n) is 4.13. The van der Waals surface area contributed by atoms with E-state index in [0.717, 1.165) is 43.3 Å². The van der Waals surface area contributed by atoms with Crippen LogP contribution in [0.4, 0.5) is 0 Å². The van der Waals surface area contributed by atoms with E-state index < -0.39 is 0 Å². The van der Waals surface area contributed by atoms with Gasteiger partial charge in [-0.05, 0) is 36.3 Å². The Bertz CT molecular complexity index is 714. The topological polar surface area (TPSA) is 54.7 Å². The van der Waals surface area contributed by atoms with Crippen LogP contribution < -0.4 is 5.32 Å². The maximum absolute atomic E-state index is 12.5. The van der Waals surface area contributed by atoms with Gasteiger partial charge in [-0.3, -0.25) is 4.79 Å². The molecule has 5 nitrogen and oxygen atoms in total. The molecule has 2 aromatic rings. The van der Waals surface area contributed by atoms with Crippen LogP contribution in [0, 0.1) is 17.8 Å². The average Bonchev–Trinajstić information content (AvgIpc) is 2.99. The van der Waals surface area contributed by atoms with Gasteiger partial charge in [-0.25, -0.2) is 0 Å². The van der Waals surface area contributed by atoms with E-state index >= 15 is 0 Å². The molecule has 1 aromatic heterocycles. The molecule has 0 radical (unpaired) electrons. The van der Waals surface area contributed by atoms with Crippen molar-refractivity contribution in [2.24, 2.45) is 17.8 Å². The third-order valence-corrected chi connectivity index (χ3v) is 5.49. The van der Waals surface area contributed by atoms with Crippen LogP contribution in [0.3, 0.4) is 0 Å². The third kappa shape index (κ3) is 2.94. The Morgan fingerprint density at radius 2 is 2.17 bits per heavy atom. The monoisotopic (exact) mass is 328 g/mol. The van der Waals surface area contributed by atoms with Gasteiger partial charge in [-0.15, -0.1) is 0 Å². The first-order valence-corrected chi connectivity index (χ1v) is 8.73. The molecule has 2 fully saturated rings. The highest BCUT2D eigenvalue weighted by Crippen LogP contribution is 2.51. The summed E-state index contributed by atoms with van der Waals surface area (Å²) in [5, 5.41) is 4.07. The molecule has 1 saturated carbocycles. The van der Waals surface area contributed by atoms with Crippen molar-refractivity contribution in [3.63, 3.8) is 0 Å². The second kappa shape index (κ2) is 6.57. The van der Waals surface area contributed by atoms with Gasteiger partial charge in [0.05, 0.1) is 11.8 Å². The molecule has 1 aromatic carbocycles. The van der Waals surface area contributed by atoms with Crippen molar-refractivity contribution < 1.29 is 13.9 Å². The van der Waals surface area contributed by atoms with Crippen molar-refractivity contribution in [1.82, 2.24) is 10.2 Å². The summed E-state index contributed by atoms with van der Waals surface area (Å²) < 4.78 is 10.6. The number of hydrogen-bond acceptors (Lipinski definition) is 4. The average molecular weight is 328 g/mol. The smallest absolute Gasteiger partial charge is 0.255 e. The second-order valence-electron chi connectivity index (χ2n) is 6.95. The van der Waals surface area contributed by atoms with Gasteiger partial charge < -0.3 is 19.4 Å². The number of furan rings is 1. The molecule has 1 aliphatic carbocycles. The van der Waals surface area contributed by atoms with Gasteiger partial charge >= 0.3 is 0 Å². The van der Waals surface area contributed by atoms with Crippen molar-refractivity contribution in [2.45, 2.75) is 6.42 Å². The van der Waals surface area contributed by atoms with Crippen LogP contribution in [-0.4, -0.2) is 50.7 Å². The first-order chi connectivity index (χ1) is 11.8. The molecule has 1 amide bonds. The highest BCUT2D eigenvalue weighted by molar-refractivity contribution is 6.04. The molecule has 5 heteroatoms. The maximum Gasteiger partial charge on any atom is 0.255 e. The molecule has 1 N–H and O–H groups in total. The minimum absolute atomic E-state index is 0.0301. The number of carbonyl (C=O) groups is 1. The summed E-state index contributed by atoms with van der Waals surface area (Å²) in [6.45, 7) is 5.08. The molecule has 2 heterocycles. The van der Waals surface area contributed by atoms with E-state index in [1.54, 1.807) is 13.4 Å². The number of fused-ring (bicyclic) bond motifs is 2. The van der Waals surface area contributed by atoms with E-state index in [2.05, 4.69) is 10.2 Å². The lowest BCUT2D eigenvalue weighted by molar-refractivity contribution is 0.0949. The Kier molecular flexibility index (Phi) is 4.29. The van der Waals surface area contributed by atoms with Gasteiger partial charge in [0.1, 0.15) is 5.58 Å². The van der Waals surface area contributed by atoms with Gasteiger partial charge in [0.15, 0.2) is 0 Å². The number of piperidine rings is 1. The summed E-state index contributed by atoms with van der Waals surface area (Å²) in [6.07, 6.45) is 2.73. The summed E-state index contributed by atoms with van der Waals surface area (Å²) >= 11 is 0. The predicted molar refractivity (Wildman–Crippen MR) is 92.0 cm³/mol. The number of para-hydroxylation sites is 1. The summed E-state index contributed by atoms with van der Waals surface area (Å²) in [4.78, 5) is 15.0. The zero-order valence-electron chi connectivity index (χ0n) is 14.0. The summed E-state index contributed by atoms with van der Waals surface area (Å²) in [5.74, 6) is 2.13. The number of methoxy groups -OCH3 is 1. The van der Waals surface area contributed by atoms with Gasteiger partial charge in [0.25, 0.3) is 5.91 Å². The largest absolute Gasteiger partial charge is 0.464 e. The first-order valence-electron chi connectivity index (χ1n) is 8.73. The summed E-state index contributed by atoms with van der Waals surface area (Å²) in [6, 6.07) is 7.57. The first kappa shape index (κ1) is 15.7. The molecule has 2 aliphatic rings. The second-order valence-corrected chi connectivity index (χ2v) is 6.95. The lowest BCUT2D eigenvalue weighted by Gasteiger charge is -2.19. The van der Waals surface area contributed by atoms with Crippen molar-refractivity contribution in [3.8, 4) is 0 Å². The zero-order chi connectivity index (χ0) is 16.5. The molecule has 0 bridgehead atoms. The zero-order valence-corrected chi connectivity index (χ0v) is 14.0. The fourth-order valence-corrected chi connectivity index (χ4v) is 4.13. The highest BCUT2D eigenvalue weighted by Gasteiger charge is 2.54. The lowest BCUT2D eigenvalue weighted by atomic mass is 10.1. The van der Waals surface area contributed by atoms with Gasteiger partial charge in [0.2, 0.25) is 0 Å². The minimum Gasteiger partial charge on any atom is -0.464 e. The van der Waals surface area contributed by atoms with E-state index in [0.29, 0.717) is 17.1 Å². The Hall–Kier alpha value is -1.85. The van der Waals surface area contributed by atoms with E-state index in [1.165, 1.54) is 13.1 Å². The molecule has 2 unspecified atom stereocenters. The lowest BCUT2D eigenvalue weighted by Crippen LogP contribution is -2.31. The predicted octanol–water partition coefficient (Wildman–Crippen LogP) is 2.38. The maximum atomic E-state index is 12.5. The summed E-state index contributed by atoms with van der Waals surface area (Å²) in [7, 11) is 1.75. The standard InChI is InChI=1S/C19H24N2O3/c1-23-8-3-7-21-11-16-15(17(16)12-21)10-20-19(22)14-5-2-4-13-6-9-24-18(13)14/h2,4-6,9,15-17H,3,7-8,10-12H2,1H3,(H,20,22). The molecule has 2 atom stereocenters. The molecular weight excluding hydrogens is 304 g/mol. The Morgan fingerprint density at radius 3 is 2.96 bits per heavy atom. The van der Waals surface area contributed by atoms with E-state index in [-0.39, 0.29) is 5.91 Å². The number of ether oxygens (including phenoxy) is 1. The number of nitrogens with one attached hydrogen (secondary N) is 1. The number of likely N-dealkylation sites (tertiary alicyclic amines) is 1. The normalized spacial score (nSPS) is 25.8. The van der Waals surface area contributed by atoms with Crippen LogP contribution >= 0.6 is 0 Å².